The van der Waals surface area contributed by atoms with Crippen molar-refractivity contribution >= 4 is 23.3 Å². The topological polar surface area (TPSA) is 95.5 Å². The lowest BCUT2D eigenvalue weighted by Crippen LogP contribution is -2.39. The number of hydrogen-bond acceptors (Lipinski definition) is 4. The average molecular weight is 264 g/mol. The van der Waals surface area contributed by atoms with Gasteiger partial charge in [0, 0.05) is 11.3 Å². The zero-order chi connectivity index (χ0) is 14.4. The van der Waals surface area contributed by atoms with Crippen LogP contribution in [0.25, 0.3) is 0 Å². The van der Waals surface area contributed by atoms with E-state index in [0.29, 0.717) is 11.3 Å². The Morgan fingerprint density at radius 1 is 1.32 bits per heavy atom. The van der Waals surface area contributed by atoms with Gasteiger partial charge in [0.05, 0.1) is 6.54 Å². The molecule has 0 spiro atoms. The average Bonchev–Trinajstić information content (AvgIpc) is 2.36. The van der Waals surface area contributed by atoms with Crippen molar-refractivity contribution in [2.45, 2.75) is 19.9 Å². The minimum atomic E-state index is -1.02. The molecule has 0 aliphatic rings. The van der Waals surface area contributed by atoms with E-state index in [-0.39, 0.29) is 18.2 Å². The van der Waals surface area contributed by atoms with Crippen LogP contribution < -0.4 is 10.6 Å². The van der Waals surface area contributed by atoms with E-state index in [9.17, 15) is 14.4 Å². The van der Waals surface area contributed by atoms with Gasteiger partial charge in [0.1, 0.15) is 6.04 Å². The van der Waals surface area contributed by atoms with Gasteiger partial charge in [0.2, 0.25) is 5.91 Å². The molecule has 6 nitrogen and oxygen atoms in total. The number of hydrogen-bond donors (Lipinski definition) is 3. The van der Waals surface area contributed by atoms with Crippen LogP contribution >= 0.6 is 0 Å². The molecule has 1 unspecified atom stereocenters. The highest BCUT2D eigenvalue weighted by Gasteiger charge is 2.11. The lowest BCUT2D eigenvalue weighted by Gasteiger charge is -2.10. The summed E-state index contributed by atoms with van der Waals surface area (Å²) in [5.41, 5.74) is 1.01. The first-order chi connectivity index (χ1) is 8.90. The molecule has 0 aromatic heterocycles. The van der Waals surface area contributed by atoms with Gasteiger partial charge in [-0.1, -0.05) is 12.1 Å². The molecule has 0 bridgehead atoms. The van der Waals surface area contributed by atoms with Gasteiger partial charge in [-0.3, -0.25) is 19.7 Å². The van der Waals surface area contributed by atoms with E-state index in [1.165, 1.54) is 13.8 Å². The van der Waals surface area contributed by atoms with Gasteiger partial charge in [0.15, 0.2) is 5.78 Å². The van der Waals surface area contributed by atoms with Crippen molar-refractivity contribution < 1.29 is 19.5 Å². The van der Waals surface area contributed by atoms with E-state index in [4.69, 9.17) is 5.11 Å². The zero-order valence-corrected chi connectivity index (χ0v) is 10.8. The Bertz CT molecular complexity index is 499. The summed E-state index contributed by atoms with van der Waals surface area (Å²) in [5.74, 6) is -1.48. The van der Waals surface area contributed by atoms with Gasteiger partial charge in [-0.15, -0.1) is 0 Å². The first kappa shape index (κ1) is 14.8. The third kappa shape index (κ3) is 4.89. The normalized spacial score (nSPS) is 11.7. The Hall–Kier alpha value is -2.21. The molecule has 3 N–H and O–H groups in total. The molecule has 1 rings (SSSR count). The second-order valence-corrected chi connectivity index (χ2v) is 4.13. The van der Waals surface area contributed by atoms with Crippen LogP contribution in [0.4, 0.5) is 5.69 Å². The molecule has 0 radical (unpaired) electrons. The molecule has 0 fully saturated rings. The number of anilines is 1. The molecule has 1 amide bonds. The zero-order valence-electron chi connectivity index (χ0n) is 10.8. The Kier molecular flexibility index (Phi) is 5.20. The predicted molar refractivity (Wildman–Crippen MR) is 70.2 cm³/mol. The molecular weight excluding hydrogens is 248 g/mol. The number of carboxylic acids is 1. The molecule has 1 atom stereocenters. The fourth-order valence-electron chi connectivity index (χ4n) is 1.35. The van der Waals surface area contributed by atoms with Crippen molar-refractivity contribution in [2.24, 2.45) is 0 Å². The molecule has 1 aromatic rings. The van der Waals surface area contributed by atoms with Crippen molar-refractivity contribution in [3.8, 4) is 0 Å². The molecule has 6 heteroatoms. The number of carbonyl (C=O) groups is 3. The summed E-state index contributed by atoms with van der Waals surface area (Å²) in [6.07, 6.45) is 0. The van der Waals surface area contributed by atoms with Gasteiger partial charge in [-0.25, -0.2) is 0 Å². The number of benzene rings is 1. The lowest BCUT2D eigenvalue weighted by atomic mass is 10.1. The first-order valence-electron chi connectivity index (χ1n) is 5.77. The quantitative estimate of drug-likeness (QED) is 0.663. The molecular formula is C13H16N2O4. The van der Waals surface area contributed by atoms with Crippen LogP contribution in [0, 0.1) is 0 Å². The third-order valence-electron chi connectivity index (χ3n) is 2.49. The predicted octanol–water partition coefficient (Wildman–Crippen LogP) is 0.890. The van der Waals surface area contributed by atoms with Crippen LogP contribution in [0.2, 0.25) is 0 Å². The molecule has 0 saturated heterocycles. The number of amides is 1. The van der Waals surface area contributed by atoms with Crippen LogP contribution in [0.15, 0.2) is 24.3 Å². The van der Waals surface area contributed by atoms with Crippen molar-refractivity contribution in [2.75, 3.05) is 11.9 Å². The highest BCUT2D eigenvalue weighted by molar-refractivity contribution is 5.97. The smallest absolute Gasteiger partial charge is 0.320 e. The molecule has 19 heavy (non-hydrogen) atoms. The molecule has 1 aromatic carbocycles. The van der Waals surface area contributed by atoms with E-state index in [1.807, 2.05) is 0 Å². The summed E-state index contributed by atoms with van der Waals surface area (Å²) in [6.45, 7) is 2.78. The van der Waals surface area contributed by atoms with E-state index in [0.717, 1.165) is 0 Å². The maximum Gasteiger partial charge on any atom is 0.320 e. The van der Waals surface area contributed by atoms with Crippen LogP contribution in [-0.4, -0.2) is 35.4 Å². The van der Waals surface area contributed by atoms with Crippen LogP contribution in [0.1, 0.15) is 24.2 Å². The van der Waals surface area contributed by atoms with E-state index < -0.39 is 12.0 Å². The number of carbonyl (C=O) groups excluding carboxylic acids is 2. The Morgan fingerprint density at radius 2 is 2.00 bits per heavy atom. The monoisotopic (exact) mass is 264 g/mol. The maximum atomic E-state index is 11.6. The number of carboxylic acid groups (broad SMARTS) is 1. The standard InChI is InChI=1S/C13H16N2O4/c1-8(13(18)19)14-7-12(17)15-11-5-3-4-10(6-11)9(2)16/h3-6,8,14H,7H2,1-2H3,(H,15,17)(H,18,19). The highest BCUT2D eigenvalue weighted by Crippen LogP contribution is 2.10. The number of Topliss-reactive ketones (excluding diaryl/α,β-unsaturated/α-hetero) is 1. The molecule has 102 valence electrons. The lowest BCUT2D eigenvalue weighted by molar-refractivity contribution is -0.139. The summed E-state index contributed by atoms with van der Waals surface area (Å²) >= 11 is 0. The summed E-state index contributed by atoms with van der Waals surface area (Å²) in [5, 5.41) is 13.8. The first-order valence-corrected chi connectivity index (χ1v) is 5.77. The minimum Gasteiger partial charge on any atom is -0.480 e. The second kappa shape index (κ2) is 6.65. The van der Waals surface area contributed by atoms with Gasteiger partial charge in [-0.05, 0) is 26.0 Å². The maximum absolute atomic E-state index is 11.6. The highest BCUT2D eigenvalue weighted by atomic mass is 16.4. The van der Waals surface area contributed by atoms with Crippen molar-refractivity contribution in [3.05, 3.63) is 29.8 Å². The van der Waals surface area contributed by atoms with Crippen LogP contribution in [0.3, 0.4) is 0 Å². The van der Waals surface area contributed by atoms with Crippen LogP contribution in [0.5, 0.6) is 0 Å². The minimum absolute atomic E-state index is 0.0891. The summed E-state index contributed by atoms with van der Waals surface area (Å²) in [4.78, 5) is 33.3. The van der Waals surface area contributed by atoms with E-state index in [2.05, 4.69) is 10.6 Å². The van der Waals surface area contributed by atoms with Crippen LogP contribution in [-0.2, 0) is 9.59 Å². The molecule has 0 aliphatic heterocycles. The van der Waals surface area contributed by atoms with E-state index >= 15 is 0 Å². The van der Waals surface area contributed by atoms with Gasteiger partial charge >= 0.3 is 5.97 Å². The summed E-state index contributed by atoms with van der Waals surface area (Å²) in [7, 11) is 0. The summed E-state index contributed by atoms with van der Waals surface area (Å²) < 4.78 is 0. The Balaban J connectivity index is 2.55. The molecule has 0 aliphatic carbocycles. The third-order valence-corrected chi connectivity index (χ3v) is 2.49. The van der Waals surface area contributed by atoms with Crippen molar-refractivity contribution in [1.82, 2.24) is 5.32 Å². The largest absolute Gasteiger partial charge is 0.480 e. The fraction of sp³-hybridized carbons (Fsp3) is 0.308. The van der Waals surface area contributed by atoms with Crippen molar-refractivity contribution in [1.29, 1.82) is 0 Å². The second-order valence-electron chi connectivity index (χ2n) is 4.13. The van der Waals surface area contributed by atoms with Gasteiger partial charge in [-0.2, -0.15) is 0 Å². The van der Waals surface area contributed by atoms with Gasteiger partial charge < -0.3 is 10.4 Å². The fourth-order valence-corrected chi connectivity index (χ4v) is 1.35. The Morgan fingerprint density at radius 3 is 2.58 bits per heavy atom. The molecule has 0 saturated carbocycles. The van der Waals surface area contributed by atoms with Crippen molar-refractivity contribution in [3.63, 3.8) is 0 Å². The number of nitrogens with one attached hydrogen (secondary N) is 2. The van der Waals surface area contributed by atoms with Gasteiger partial charge in [0.25, 0.3) is 0 Å². The van der Waals surface area contributed by atoms with E-state index in [1.54, 1.807) is 24.3 Å². The SMILES string of the molecule is CC(=O)c1cccc(NC(=O)CNC(C)C(=O)O)c1. The number of aliphatic carboxylic acids is 1. The summed E-state index contributed by atoms with van der Waals surface area (Å²) in [6, 6.07) is 5.75. The Labute approximate surface area is 110 Å². The number of rotatable bonds is 6. The molecule has 0 heterocycles. The number of ketones is 1.